The van der Waals surface area contributed by atoms with E-state index in [1.807, 2.05) is 31.3 Å². The van der Waals surface area contributed by atoms with Crippen molar-refractivity contribution < 1.29 is 0 Å². The Kier molecular flexibility index (Phi) is 3.48. The summed E-state index contributed by atoms with van der Waals surface area (Å²) in [4.78, 5) is 4.59. The molecule has 0 saturated carbocycles. The smallest absolute Gasteiger partial charge is 0.212 e. The molecule has 0 aliphatic carbocycles. The largest absolute Gasteiger partial charge is 0.325 e. The van der Waals surface area contributed by atoms with Gasteiger partial charge in [-0.2, -0.15) is 0 Å². The third-order valence-electron chi connectivity index (χ3n) is 3.62. The van der Waals surface area contributed by atoms with Crippen LogP contribution in [0.15, 0.2) is 54.7 Å². The highest BCUT2D eigenvalue weighted by molar-refractivity contribution is 5.58. The molecule has 0 saturated heterocycles. The maximum Gasteiger partial charge on any atom is 0.212 e. The van der Waals surface area contributed by atoms with Gasteiger partial charge in [-0.1, -0.05) is 24.3 Å². The predicted octanol–water partition coefficient (Wildman–Crippen LogP) is 4.54. The van der Waals surface area contributed by atoms with E-state index in [2.05, 4.69) is 59.0 Å². The molecule has 0 atom stereocenters. The Hall–Kier alpha value is -2.55. The van der Waals surface area contributed by atoms with Crippen LogP contribution in [0.5, 0.6) is 0 Å². The zero-order valence-electron chi connectivity index (χ0n) is 12.6. The Bertz CT molecular complexity index is 757. The van der Waals surface area contributed by atoms with Gasteiger partial charge in [-0.15, -0.1) is 0 Å². The molecule has 3 rings (SSSR count). The number of rotatable bonds is 3. The highest BCUT2D eigenvalue weighted by Gasteiger charge is 2.08. The summed E-state index contributed by atoms with van der Waals surface area (Å²) in [6, 6.07) is 16.6. The SMILES string of the molecule is Cc1cn(-c2ccccc2)c(Nc2ccc(C)c(C)c2)n1. The van der Waals surface area contributed by atoms with Crippen LogP contribution in [0.1, 0.15) is 16.8 Å². The van der Waals surface area contributed by atoms with E-state index in [0.717, 1.165) is 23.0 Å². The Morgan fingerprint density at radius 3 is 2.38 bits per heavy atom. The Morgan fingerprint density at radius 1 is 0.905 bits per heavy atom. The third kappa shape index (κ3) is 2.82. The Labute approximate surface area is 125 Å². The minimum Gasteiger partial charge on any atom is -0.325 e. The lowest BCUT2D eigenvalue weighted by molar-refractivity contribution is 1.06. The van der Waals surface area contributed by atoms with Crippen LogP contribution in [0.25, 0.3) is 5.69 Å². The molecule has 3 aromatic rings. The van der Waals surface area contributed by atoms with Crippen LogP contribution in [0.3, 0.4) is 0 Å². The van der Waals surface area contributed by atoms with Gasteiger partial charge >= 0.3 is 0 Å². The molecule has 0 amide bonds. The van der Waals surface area contributed by atoms with Crippen LogP contribution in [0, 0.1) is 20.8 Å². The summed E-state index contributed by atoms with van der Waals surface area (Å²) in [6.07, 6.45) is 2.04. The summed E-state index contributed by atoms with van der Waals surface area (Å²) in [5.41, 5.74) is 5.72. The van der Waals surface area contributed by atoms with Gasteiger partial charge in [-0.05, 0) is 56.2 Å². The monoisotopic (exact) mass is 277 g/mol. The van der Waals surface area contributed by atoms with Crippen LogP contribution >= 0.6 is 0 Å². The maximum atomic E-state index is 4.59. The van der Waals surface area contributed by atoms with Crippen LogP contribution in [0.4, 0.5) is 11.6 Å². The number of para-hydroxylation sites is 1. The van der Waals surface area contributed by atoms with Gasteiger partial charge in [-0.3, -0.25) is 4.57 Å². The lowest BCUT2D eigenvalue weighted by Gasteiger charge is -2.11. The highest BCUT2D eigenvalue weighted by atomic mass is 15.2. The molecular formula is C18H19N3. The summed E-state index contributed by atoms with van der Waals surface area (Å²) < 4.78 is 2.07. The maximum absolute atomic E-state index is 4.59. The van der Waals surface area contributed by atoms with Crippen molar-refractivity contribution in [1.82, 2.24) is 9.55 Å². The van der Waals surface area contributed by atoms with Gasteiger partial charge in [0, 0.05) is 17.6 Å². The summed E-state index contributed by atoms with van der Waals surface area (Å²) in [6.45, 7) is 6.24. The van der Waals surface area contributed by atoms with Crippen molar-refractivity contribution in [3.8, 4) is 5.69 Å². The number of benzene rings is 2. The number of nitrogens with zero attached hydrogens (tertiary/aromatic N) is 2. The quantitative estimate of drug-likeness (QED) is 0.761. The number of imidazole rings is 1. The van der Waals surface area contributed by atoms with Gasteiger partial charge in [0.15, 0.2) is 0 Å². The van der Waals surface area contributed by atoms with Gasteiger partial charge in [0.25, 0.3) is 0 Å². The van der Waals surface area contributed by atoms with Crippen LogP contribution in [0.2, 0.25) is 0 Å². The number of aromatic nitrogens is 2. The van der Waals surface area contributed by atoms with Gasteiger partial charge in [0.05, 0.1) is 5.69 Å². The minimum absolute atomic E-state index is 0.835. The second-order valence-corrected chi connectivity index (χ2v) is 5.34. The van der Waals surface area contributed by atoms with E-state index in [-0.39, 0.29) is 0 Å². The lowest BCUT2D eigenvalue weighted by Crippen LogP contribution is -2.01. The summed E-state index contributed by atoms with van der Waals surface area (Å²) in [7, 11) is 0. The number of nitrogens with one attached hydrogen (secondary N) is 1. The summed E-state index contributed by atoms with van der Waals surface area (Å²) in [5, 5.41) is 3.41. The van der Waals surface area contributed by atoms with Gasteiger partial charge in [0.2, 0.25) is 5.95 Å². The van der Waals surface area contributed by atoms with Crippen molar-refractivity contribution in [2.75, 3.05) is 5.32 Å². The number of anilines is 2. The first-order valence-corrected chi connectivity index (χ1v) is 7.09. The van der Waals surface area contributed by atoms with Crippen LogP contribution in [-0.4, -0.2) is 9.55 Å². The summed E-state index contributed by atoms with van der Waals surface area (Å²) >= 11 is 0. The van der Waals surface area contributed by atoms with E-state index < -0.39 is 0 Å². The van der Waals surface area contributed by atoms with Gasteiger partial charge < -0.3 is 5.32 Å². The van der Waals surface area contributed by atoms with Crippen LogP contribution < -0.4 is 5.32 Å². The topological polar surface area (TPSA) is 29.9 Å². The molecule has 0 aliphatic heterocycles. The lowest BCUT2D eigenvalue weighted by atomic mass is 10.1. The van der Waals surface area contributed by atoms with E-state index in [1.165, 1.54) is 11.1 Å². The van der Waals surface area contributed by atoms with Crippen molar-refractivity contribution >= 4 is 11.6 Å². The molecule has 3 nitrogen and oxygen atoms in total. The Morgan fingerprint density at radius 2 is 1.67 bits per heavy atom. The van der Waals surface area contributed by atoms with Crippen molar-refractivity contribution in [2.24, 2.45) is 0 Å². The number of hydrogen-bond donors (Lipinski definition) is 1. The number of aryl methyl sites for hydroxylation is 3. The zero-order valence-corrected chi connectivity index (χ0v) is 12.6. The molecule has 106 valence electrons. The predicted molar refractivity (Wildman–Crippen MR) is 87.5 cm³/mol. The molecule has 1 aromatic heterocycles. The van der Waals surface area contributed by atoms with Crippen molar-refractivity contribution in [2.45, 2.75) is 20.8 Å². The zero-order chi connectivity index (χ0) is 14.8. The van der Waals surface area contributed by atoms with E-state index in [0.29, 0.717) is 0 Å². The molecule has 0 unspecified atom stereocenters. The molecule has 0 aliphatic rings. The second-order valence-electron chi connectivity index (χ2n) is 5.34. The van der Waals surface area contributed by atoms with E-state index >= 15 is 0 Å². The molecule has 3 heteroatoms. The molecule has 21 heavy (non-hydrogen) atoms. The minimum atomic E-state index is 0.835. The third-order valence-corrected chi connectivity index (χ3v) is 3.62. The molecule has 2 aromatic carbocycles. The Balaban J connectivity index is 1.97. The van der Waals surface area contributed by atoms with E-state index in [9.17, 15) is 0 Å². The summed E-state index contributed by atoms with van der Waals surface area (Å²) in [5.74, 6) is 0.835. The van der Waals surface area contributed by atoms with E-state index in [1.54, 1.807) is 0 Å². The molecule has 0 fully saturated rings. The first-order valence-electron chi connectivity index (χ1n) is 7.09. The molecular weight excluding hydrogens is 258 g/mol. The average Bonchev–Trinajstić information content (AvgIpc) is 2.85. The van der Waals surface area contributed by atoms with Crippen LogP contribution in [-0.2, 0) is 0 Å². The van der Waals surface area contributed by atoms with Crippen molar-refractivity contribution in [1.29, 1.82) is 0 Å². The van der Waals surface area contributed by atoms with Crippen molar-refractivity contribution in [3.05, 3.63) is 71.5 Å². The normalized spacial score (nSPS) is 10.6. The first-order chi connectivity index (χ1) is 10.1. The molecule has 0 bridgehead atoms. The van der Waals surface area contributed by atoms with Gasteiger partial charge in [0.1, 0.15) is 0 Å². The molecule has 0 radical (unpaired) electrons. The first kappa shape index (κ1) is 13.4. The highest BCUT2D eigenvalue weighted by Crippen LogP contribution is 2.22. The fourth-order valence-corrected chi connectivity index (χ4v) is 2.32. The van der Waals surface area contributed by atoms with Gasteiger partial charge in [-0.25, -0.2) is 4.98 Å². The number of hydrogen-bond acceptors (Lipinski definition) is 2. The standard InChI is InChI=1S/C18H19N3/c1-13-9-10-16(11-14(13)2)20-18-19-15(3)12-21(18)17-7-5-4-6-8-17/h4-12H,1-3H3,(H,19,20). The average molecular weight is 277 g/mol. The van der Waals surface area contributed by atoms with Crippen molar-refractivity contribution in [3.63, 3.8) is 0 Å². The molecule has 0 spiro atoms. The van der Waals surface area contributed by atoms with E-state index in [4.69, 9.17) is 0 Å². The molecule has 1 heterocycles. The molecule has 1 N–H and O–H groups in total. The fourth-order valence-electron chi connectivity index (χ4n) is 2.32. The fraction of sp³-hybridized carbons (Fsp3) is 0.167. The second kappa shape index (κ2) is 5.44.